The van der Waals surface area contributed by atoms with Crippen molar-refractivity contribution < 1.29 is 0 Å². The molecule has 30 heavy (non-hydrogen) atoms. The molecule has 0 aliphatic carbocycles. The second kappa shape index (κ2) is 8.09. The van der Waals surface area contributed by atoms with E-state index in [4.69, 9.17) is 4.98 Å². The van der Waals surface area contributed by atoms with Gasteiger partial charge in [-0.3, -0.25) is 9.36 Å². The second-order valence-corrected chi connectivity index (χ2v) is 8.12. The molecule has 0 fully saturated rings. The predicted molar refractivity (Wildman–Crippen MR) is 125 cm³/mol. The van der Waals surface area contributed by atoms with Gasteiger partial charge in [-0.25, -0.2) is 4.98 Å². The van der Waals surface area contributed by atoms with Crippen LogP contribution in [0.5, 0.6) is 0 Å². The largest absolute Gasteiger partial charge is 0.291 e. The standard InChI is InChI=1S/C26H20N2OS/c29-26-24-23(16-18-30-24)27-25(28(26)17-15-19-7-3-1-4-8-19)22-13-11-21(12-14-22)20-9-5-2-6-10-20/h1-14,16,18H,15,17H2. The Morgan fingerprint density at radius 2 is 1.37 bits per heavy atom. The molecule has 4 heteroatoms. The molecule has 2 heterocycles. The van der Waals surface area contributed by atoms with E-state index in [1.54, 1.807) is 0 Å². The van der Waals surface area contributed by atoms with E-state index in [0.29, 0.717) is 11.2 Å². The van der Waals surface area contributed by atoms with Crippen molar-refractivity contribution in [1.29, 1.82) is 0 Å². The lowest BCUT2D eigenvalue weighted by atomic mass is 10.0. The lowest BCUT2D eigenvalue weighted by molar-refractivity contribution is 0.672. The minimum Gasteiger partial charge on any atom is -0.291 e. The quantitative estimate of drug-likeness (QED) is 0.356. The molecule has 0 amide bonds. The molecule has 0 atom stereocenters. The van der Waals surface area contributed by atoms with Crippen LogP contribution in [-0.4, -0.2) is 9.55 Å². The van der Waals surface area contributed by atoms with Crippen LogP contribution in [0.15, 0.2) is 101 Å². The first-order valence-corrected chi connectivity index (χ1v) is 10.9. The smallest absolute Gasteiger partial charge is 0.271 e. The number of hydrogen-bond donors (Lipinski definition) is 0. The number of fused-ring (bicyclic) bond motifs is 1. The molecule has 3 aromatic carbocycles. The summed E-state index contributed by atoms with van der Waals surface area (Å²) in [5, 5.41) is 1.93. The van der Waals surface area contributed by atoms with E-state index in [0.717, 1.165) is 28.9 Å². The van der Waals surface area contributed by atoms with Gasteiger partial charge in [0, 0.05) is 12.1 Å². The lowest BCUT2D eigenvalue weighted by Gasteiger charge is -2.13. The van der Waals surface area contributed by atoms with Crippen LogP contribution < -0.4 is 5.56 Å². The maximum atomic E-state index is 13.2. The molecule has 0 spiro atoms. The average molecular weight is 409 g/mol. The molecular formula is C26H20N2OS. The third-order valence-electron chi connectivity index (χ3n) is 5.28. The van der Waals surface area contributed by atoms with Crippen molar-refractivity contribution in [3.05, 3.63) is 112 Å². The van der Waals surface area contributed by atoms with Gasteiger partial charge >= 0.3 is 0 Å². The van der Waals surface area contributed by atoms with E-state index in [1.807, 2.05) is 52.4 Å². The summed E-state index contributed by atoms with van der Waals surface area (Å²) in [7, 11) is 0. The third-order valence-corrected chi connectivity index (χ3v) is 6.17. The number of aryl methyl sites for hydroxylation is 1. The van der Waals surface area contributed by atoms with Gasteiger partial charge in [0.2, 0.25) is 0 Å². The molecule has 2 aromatic heterocycles. The maximum Gasteiger partial charge on any atom is 0.271 e. The fourth-order valence-electron chi connectivity index (χ4n) is 3.70. The number of thiophene rings is 1. The Bertz CT molecular complexity index is 1340. The highest BCUT2D eigenvalue weighted by atomic mass is 32.1. The van der Waals surface area contributed by atoms with Crippen molar-refractivity contribution >= 4 is 21.6 Å². The first-order chi connectivity index (χ1) is 14.8. The van der Waals surface area contributed by atoms with Gasteiger partial charge in [0.25, 0.3) is 5.56 Å². The van der Waals surface area contributed by atoms with E-state index in [2.05, 4.69) is 48.5 Å². The molecule has 5 aromatic rings. The Morgan fingerprint density at radius 1 is 0.733 bits per heavy atom. The molecule has 0 aliphatic rings. The normalized spacial score (nSPS) is 11.1. The van der Waals surface area contributed by atoms with E-state index < -0.39 is 0 Å². The highest BCUT2D eigenvalue weighted by Crippen LogP contribution is 2.25. The molecule has 3 nitrogen and oxygen atoms in total. The summed E-state index contributed by atoms with van der Waals surface area (Å²) >= 11 is 1.46. The molecule has 0 radical (unpaired) electrons. The van der Waals surface area contributed by atoms with Crippen LogP contribution >= 0.6 is 11.3 Å². The average Bonchev–Trinajstić information content (AvgIpc) is 3.29. The van der Waals surface area contributed by atoms with E-state index in [1.165, 1.54) is 22.5 Å². The highest BCUT2D eigenvalue weighted by Gasteiger charge is 2.14. The number of benzene rings is 3. The Kier molecular flexibility index (Phi) is 4.99. The zero-order valence-corrected chi connectivity index (χ0v) is 17.2. The minimum absolute atomic E-state index is 0.0352. The minimum atomic E-state index is 0.0352. The number of nitrogens with zero attached hydrogens (tertiary/aromatic N) is 2. The summed E-state index contributed by atoms with van der Waals surface area (Å²) in [6.07, 6.45) is 0.786. The third kappa shape index (κ3) is 3.58. The van der Waals surface area contributed by atoms with Gasteiger partial charge in [0.05, 0.1) is 5.52 Å². The van der Waals surface area contributed by atoms with Crippen molar-refractivity contribution in [1.82, 2.24) is 9.55 Å². The summed E-state index contributed by atoms with van der Waals surface area (Å²) in [5.74, 6) is 0.724. The summed E-state index contributed by atoms with van der Waals surface area (Å²) in [6, 6.07) is 30.8. The van der Waals surface area contributed by atoms with Crippen LogP contribution in [0.2, 0.25) is 0 Å². The van der Waals surface area contributed by atoms with E-state index in [-0.39, 0.29) is 5.56 Å². The number of aromatic nitrogens is 2. The van der Waals surface area contributed by atoms with Gasteiger partial charge in [-0.1, -0.05) is 84.9 Å². The molecule has 146 valence electrons. The predicted octanol–water partition coefficient (Wildman–Crippen LogP) is 6.03. The topological polar surface area (TPSA) is 34.9 Å². The molecule has 0 saturated carbocycles. The van der Waals surface area contributed by atoms with Gasteiger partial charge in [-0.05, 0) is 34.6 Å². The summed E-state index contributed by atoms with van der Waals surface area (Å²) in [4.78, 5) is 18.1. The van der Waals surface area contributed by atoms with Gasteiger partial charge in [0.15, 0.2) is 0 Å². The Morgan fingerprint density at radius 3 is 2.10 bits per heavy atom. The van der Waals surface area contributed by atoms with Crippen LogP contribution in [-0.2, 0) is 13.0 Å². The molecule has 0 saturated heterocycles. The molecule has 0 unspecified atom stereocenters. The van der Waals surface area contributed by atoms with Crippen LogP contribution in [0.4, 0.5) is 0 Å². The first-order valence-electron chi connectivity index (χ1n) is 9.97. The Hall–Kier alpha value is -3.50. The summed E-state index contributed by atoms with van der Waals surface area (Å²) in [5.41, 5.74) is 5.28. The fraction of sp³-hybridized carbons (Fsp3) is 0.0769. The zero-order valence-electron chi connectivity index (χ0n) is 16.4. The SMILES string of the molecule is O=c1c2sccc2nc(-c2ccc(-c3ccccc3)cc2)n1CCc1ccccc1. The molecule has 0 bridgehead atoms. The van der Waals surface area contributed by atoms with Crippen LogP contribution in [0, 0.1) is 0 Å². The summed E-state index contributed by atoms with van der Waals surface area (Å²) in [6.45, 7) is 0.597. The maximum absolute atomic E-state index is 13.2. The van der Waals surface area contributed by atoms with E-state index in [9.17, 15) is 4.79 Å². The monoisotopic (exact) mass is 408 g/mol. The summed E-state index contributed by atoms with van der Waals surface area (Å²) < 4.78 is 2.54. The van der Waals surface area contributed by atoms with Gasteiger partial charge in [-0.15, -0.1) is 11.3 Å². The number of rotatable bonds is 5. The highest BCUT2D eigenvalue weighted by molar-refractivity contribution is 7.17. The molecular weight excluding hydrogens is 388 g/mol. The molecule has 0 N–H and O–H groups in total. The zero-order chi connectivity index (χ0) is 20.3. The van der Waals surface area contributed by atoms with Crippen molar-refractivity contribution in [3.8, 4) is 22.5 Å². The Balaban J connectivity index is 1.56. The van der Waals surface area contributed by atoms with Crippen LogP contribution in [0.3, 0.4) is 0 Å². The van der Waals surface area contributed by atoms with Crippen molar-refractivity contribution in [3.63, 3.8) is 0 Å². The second-order valence-electron chi connectivity index (χ2n) is 7.21. The first kappa shape index (κ1) is 18.5. The van der Waals surface area contributed by atoms with Crippen molar-refractivity contribution in [2.75, 3.05) is 0 Å². The molecule has 0 aliphatic heterocycles. The van der Waals surface area contributed by atoms with Crippen LogP contribution in [0.25, 0.3) is 32.7 Å². The van der Waals surface area contributed by atoms with Gasteiger partial charge in [0.1, 0.15) is 10.5 Å². The Labute approximate surface area is 178 Å². The van der Waals surface area contributed by atoms with Gasteiger partial charge < -0.3 is 0 Å². The van der Waals surface area contributed by atoms with E-state index >= 15 is 0 Å². The number of hydrogen-bond acceptors (Lipinski definition) is 3. The fourth-order valence-corrected chi connectivity index (χ4v) is 4.48. The van der Waals surface area contributed by atoms with Crippen molar-refractivity contribution in [2.45, 2.75) is 13.0 Å². The van der Waals surface area contributed by atoms with Gasteiger partial charge in [-0.2, -0.15) is 0 Å². The lowest BCUT2D eigenvalue weighted by Crippen LogP contribution is -2.23. The van der Waals surface area contributed by atoms with Crippen molar-refractivity contribution in [2.24, 2.45) is 0 Å². The van der Waals surface area contributed by atoms with Crippen LogP contribution in [0.1, 0.15) is 5.56 Å². The molecule has 5 rings (SSSR count).